The summed E-state index contributed by atoms with van der Waals surface area (Å²) in [6.07, 6.45) is 1.05. The van der Waals surface area contributed by atoms with Gasteiger partial charge < -0.3 is 9.72 Å². The molecule has 3 rings (SSSR count). The molecule has 1 aromatic carbocycles. The Morgan fingerprint density at radius 2 is 2.04 bits per heavy atom. The molecule has 0 amide bonds. The zero-order chi connectivity index (χ0) is 17.3. The Morgan fingerprint density at radius 1 is 1.25 bits per heavy atom. The quantitative estimate of drug-likeness (QED) is 0.938. The predicted molar refractivity (Wildman–Crippen MR) is 94.7 cm³/mol. The van der Waals surface area contributed by atoms with E-state index in [1.165, 1.54) is 16.7 Å². The van der Waals surface area contributed by atoms with Gasteiger partial charge in [0, 0.05) is 25.1 Å². The highest BCUT2D eigenvalue weighted by Gasteiger charge is 2.25. The zero-order valence-electron chi connectivity index (χ0n) is 14.8. The maximum absolute atomic E-state index is 11.7. The van der Waals surface area contributed by atoms with Gasteiger partial charge in [-0.3, -0.25) is 9.69 Å². The number of H-pyrrole nitrogens is 1. The van der Waals surface area contributed by atoms with Crippen molar-refractivity contribution in [3.63, 3.8) is 0 Å². The first-order valence-corrected chi connectivity index (χ1v) is 8.40. The number of likely N-dealkylation sites (tertiary alicyclic amines) is 1. The van der Waals surface area contributed by atoms with Crippen LogP contribution in [0.15, 0.2) is 23.0 Å². The molecule has 5 heteroatoms. The highest BCUT2D eigenvalue weighted by Crippen LogP contribution is 2.28. The number of benzene rings is 1. The molecule has 0 spiro atoms. The third kappa shape index (κ3) is 3.51. The Morgan fingerprint density at radius 3 is 2.75 bits per heavy atom. The van der Waals surface area contributed by atoms with Crippen LogP contribution in [0.3, 0.4) is 0 Å². The van der Waals surface area contributed by atoms with Crippen molar-refractivity contribution in [1.82, 2.24) is 14.9 Å². The first kappa shape index (κ1) is 16.7. The summed E-state index contributed by atoms with van der Waals surface area (Å²) in [7, 11) is 1.71. The normalized spacial score (nSPS) is 18.1. The second-order valence-electron chi connectivity index (χ2n) is 6.72. The van der Waals surface area contributed by atoms with Crippen LogP contribution >= 0.6 is 0 Å². The van der Waals surface area contributed by atoms with Crippen molar-refractivity contribution in [2.24, 2.45) is 0 Å². The monoisotopic (exact) mass is 327 g/mol. The van der Waals surface area contributed by atoms with Gasteiger partial charge in [0.05, 0.1) is 12.8 Å². The molecule has 5 nitrogen and oxygen atoms in total. The van der Waals surface area contributed by atoms with Crippen LogP contribution in [0.5, 0.6) is 5.75 Å². The largest absolute Gasteiger partial charge is 0.496 e. The van der Waals surface area contributed by atoms with Crippen LogP contribution in [0, 0.1) is 20.8 Å². The zero-order valence-corrected chi connectivity index (χ0v) is 14.8. The lowest BCUT2D eigenvalue weighted by molar-refractivity contribution is 0.325. The van der Waals surface area contributed by atoms with E-state index in [1.54, 1.807) is 13.2 Å². The molecule has 2 heterocycles. The SMILES string of the molecule is COc1cc(C)c(CN2CCC(c3cc(=O)[nH]c(C)n3)C2)cc1C. The third-order valence-corrected chi connectivity index (χ3v) is 4.82. The predicted octanol–water partition coefficient (Wildman–Crippen LogP) is 2.69. The van der Waals surface area contributed by atoms with Gasteiger partial charge in [-0.05, 0) is 56.5 Å². The van der Waals surface area contributed by atoms with E-state index >= 15 is 0 Å². The molecule has 1 aliphatic rings. The fourth-order valence-corrected chi connectivity index (χ4v) is 3.51. The average molecular weight is 327 g/mol. The first-order chi connectivity index (χ1) is 11.5. The summed E-state index contributed by atoms with van der Waals surface area (Å²) >= 11 is 0. The molecule has 2 aromatic rings. The summed E-state index contributed by atoms with van der Waals surface area (Å²) in [6.45, 7) is 8.95. The topological polar surface area (TPSA) is 58.2 Å². The van der Waals surface area contributed by atoms with Crippen molar-refractivity contribution in [2.45, 2.75) is 39.7 Å². The van der Waals surface area contributed by atoms with Gasteiger partial charge in [0.2, 0.25) is 0 Å². The van der Waals surface area contributed by atoms with Crippen LogP contribution in [0.4, 0.5) is 0 Å². The van der Waals surface area contributed by atoms with E-state index in [2.05, 4.69) is 40.8 Å². The molecule has 0 saturated carbocycles. The van der Waals surface area contributed by atoms with Crippen molar-refractivity contribution in [3.05, 3.63) is 56.8 Å². The minimum absolute atomic E-state index is 0.0578. The van der Waals surface area contributed by atoms with Crippen LogP contribution < -0.4 is 10.3 Å². The molecule has 1 aliphatic heterocycles. The van der Waals surface area contributed by atoms with E-state index in [4.69, 9.17) is 4.74 Å². The van der Waals surface area contributed by atoms with E-state index in [0.29, 0.717) is 11.7 Å². The van der Waals surface area contributed by atoms with Crippen LogP contribution in [-0.2, 0) is 6.54 Å². The first-order valence-electron chi connectivity index (χ1n) is 8.40. The lowest BCUT2D eigenvalue weighted by atomic mass is 10.0. The Labute approximate surface area is 142 Å². The summed E-state index contributed by atoms with van der Waals surface area (Å²) < 4.78 is 5.39. The summed E-state index contributed by atoms with van der Waals surface area (Å²) in [4.78, 5) is 21.3. The number of aryl methyl sites for hydroxylation is 3. The minimum Gasteiger partial charge on any atom is -0.496 e. The standard InChI is InChI=1S/C19H25N3O2/c1-12-8-18(24-4)13(2)7-16(12)11-22-6-5-15(10-22)17-9-19(23)21-14(3)20-17/h7-9,15H,5-6,10-11H2,1-4H3,(H,20,21,23). The highest BCUT2D eigenvalue weighted by molar-refractivity contribution is 5.41. The van der Waals surface area contributed by atoms with E-state index < -0.39 is 0 Å². The molecule has 1 N–H and O–H groups in total. The van der Waals surface area contributed by atoms with Gasteiger partial charge in [-0.2, -0.15) is 0 Å². The number of nitrogens with one attached hydrogen (secondary N) is 1. The lowest BCUT2D eigenvalue weighted by Gasteiger charge is -2.19. The number of aromatic nitrogens is 2. The molecule has 128 valence electrons. The molecular weight excluding hydrogens is 302 g/mol. The molecule has 1 fully saturated rings. The van der Waals surface area contributed by atoms with Gasteiger partial charge in [-0.25, -0.2) is 4.98 Å². The molecule has 1 unspecified atom stereocenters. The van der Waals surface area contributed by atoms with Crippen LogP contribution in [0.1, 0.15) is 40.5 Å². The molecule has 0 aliphatic carbocycles. The van der Waals surface area contributed by atoms with Gasteiger partial charge >= 0.3 is 0 Å². The average Bonchev–Trinajstić information content (AvgIpc) is 2.98. The van der Waals surface area contributed by atoms with Crippen molar-refractivity contribution in [3.8, 4) is 5.75 Å². The number of rotatable bonds is 4. The molecular formula is C19H25N3O2. The number of ether oxygens (including phenoxy) is 1. The minimum atomic E-state index is -0.0578. The van der Waals surface area contributed by atoms with Crippen molar-refractivity contribution in [1.29, 1.82) is 0 Å². The van der Waals surface area contributed by atoms with Gasteiger partial charge in [-0.1, -0.05) is 6.07 Å². The van der Waals surface area contributed by atoms with E-state index in [9.17, 15) is 4.79 Å². The summed E-state index contributed by atoms with van der Waals surface area (Å²) in [6, 6.07) is 5.97. The Hall–Kier alpha value is -2.14. The Bertz CT molecular complexity index is 798. The van der Waals surface area contributed by atoms with Crippen LogP contribution in [-0.4, -0.2) is 35.1 Å². The Kier molecular flexibility index (Phi) is 4.71. The number of aromatic amines is 1. The maximum Gasteiger partial charge on any atom is 0.251 e. The summed E-state index contributed by atoms with van der Waals surface area (Å²) in [5.74, 6) is 1.97. The molecule has 1 atom stereocenters. The molecule has 1 aromatic heterocycles. The Balaban J connectivity index is 1.72. The van der Waals surface area contributed by atoms with Crippen molar-refractivity contribution >= 4 is 0 Å². The number of hydrogen-bond donors (Lipinski definition) is 1. The number of nitrogens with zero attached hydrogens (tertiary/aromatic N) is 2. The molecule has 24 heavy (non-hydrogen) atoms. The smallest absolute Gasteiger partial charge is 0.251 e. The van der Waals surface area contributed by atoms with Crippen molar-refractivity contribution < 1.29 is 4.74 Å². The third-order valence-electron chi connectivity index (χ3n) is 4.82. The van der Waals surface area contributed by atoms with E-state index in [1.807, 2.05) is 6.92 Å². The maximum atomic E-state index is 11.7. The van der Waals surface area contributed by atoms with E-state index in [-0.39, 0.29) is 5.56 Å². The van der Waals surface area contributed by atoms with Gasteiger partial charge in [-0.15, -0.1) is 0 Å². The second-order valence-corrected chi connectivity index (χ2v) is 6.72. The highest BCUT2D eigenvalue weighted by atomic mass is 16.5. The molecule has 0 radical (unpaired) electrons. The molecule has 1 saturated heterocycles. The number of methoxy groups -OCH3 is 1. The van der Waals surface area contributed by atoms with Crippen molar-refractivity contribution in [2.75, 3.05) is 20.2 Å². The van der Waals surface area contributed by atoms with Gasteiger partial charge in [0.25, 0.3) is 5.56 Å². The van der Waals surface area contributed by atoms with E-state index in [0.717, 1.165) is 37.5 Å². The summed E-state index contributed by atoms with van der Waals surface area (Å²) in [5.41, 5.74) is 4.62. The second kappa shape index (κ2) is 6.77. The van der Waals surface area contributed by atoms with Gasteiger partial charge in [0.15, 0.2) is 0 Å². The molecule has 0 bridgehead atoms. The fourth-order valence-electron chi connectivity index (χ4n) is 3.51. The fraction of sp³-hybridized carbons (Fsp3) is 0.474. The number of hydrogen-bond acceptors (Lipinski definition) is 4. The van der Waals surface area contributed by atoms with Crippen LogP contribution in [0.2, 0.25) is 0 Å². The van der Waals surface area contributed by atoms with Gasteiger partial charge in [0.1, 0.15) is 11.6 Å². The lowest BCUT2D eigenvalue weighted by Crippen LogP contribution is -2.21. The summed E-state index contributed by atoms with van der Waals surface area (Å²) in [5, 5.41) is 0. The van der Waals surface area contributed by atoms with Crippen LogP contribution in [0.25, 0.3) is 0 Å².